The van der Waals surface area contributed by atoms with Gasteiger partial charge in [0.25, 0.3) is 0 Å². The van der Waals surface area contributed by atoms with Crippen molar-refractivity contribution in [2.24, 2.45) is 7.05 Å². The first kappa shape index (κ1) is 20.0. The molecule has 160 valence electrons. The van der Waals surface area contributed by atoms with Crippen molar-refractivity contribution in [1.82, 2.24) is 19.6 Å². The van der Waals surface area contributed by atoms with Crippen LogP contribution in [0.5, 0.6) is 0 Å². The SMILES string of the molecule is Cn1nccc1C1CCN(CC(=O)N2Cc3ccccc3C(c3ccccc3)C2)CC1. The minimum absolute atomic E-state index is 0.241. The van der Waals surface area contributed by atoms with Crippen LogP contribution in [0.15, 0.2) is 66.9 Å². The highest BCUT2D eigenvalue weighted by Gasteiger charge is 2.30. The molecule has 0 radical (unpaired) electrons. The Kier molecular flexibility index (Phi) is 5.60. The van der Waals surface area contributed by atoms with Crippen LogP contribution in [-0.4, -0.2) is 51.7 Å². The van der Waals surface area contributed by atoms with Gasteiger partial charge in [0.2, 0.25) is 5.91 Å². The molecule has 1 atom stereocenters. The highest BCUT2D eigenvalue weighted by atomic mass is 16.2. The fourth-order valence-corrected chi connectivity index (χ4v) is 5.23. The van der Waals surface area contributed by atoms with Crippen LogP contribution < -0.4 is 0 Å². The zero-order chi connectivity index (χ0) is 21.2. The molecule has 5 heteroatoms. The van der Waals surface area contributed by atoms with Gasteiger partial charge in [0.1, 0.15) is 0 Å². The van der Waals surface area contributed by atoms with Crippen molar-refractivity contribution in [2.45, 2.75) is 31.2 Å². The van der Waals surface area contributed by atoms with E-state index < -0.39 is 0 Å². The lowest BCUT2D eigenvalue weighted by atomic mass is 9.84. The van der Waals surface area contributed by atoms with Crippen molar-refractivity contribution in [3.05, 3.63) is 89.2 Å². The largest absolute Gasteiger partial charge is 0.336 e. The molecule has 2 aliphatic rings. The lowest BCUT2D eigenvalue weighted by molar-refractivity contribution is -0.133. The summed E-state index contributed by atoms with van der Waals surface area (Å²) >= 11 is 0. The normalized spacial score (nSPS) is 19.9. The maximum atomic E-state index is 13.3. The van der Waals surface area contributed by atoms with Crippen molar-refractivity contribution in [3.8, 4) is 0 Å². The Morgan fingerprint density at radius 2 is 1.74 bits per heavy atom. The summed E-state index contributed by atoms with van der Waals surface area (Å²) in [5.74, 6) is 1.03. The summed E-state index contributed by atoms with van der Waals surface area (Å²) in [6.45, 7) is 3.92. The van der Waals surface area contributed by atoms with Crippen LogP contribution in [0, 0.1) is 0 Å². The predicted molar refractivity (Wildman–Crippen MR) is 122 cm³/mol. The number of carbonyl (C=O) groups excluding carboxylic acids is 1. The molecule has 1 aromatic heterocycles. The van der Waals surface area contributed by atoms with Crippen LogP contribution in [0.2, 0.25) is 0 Å². The molecule has 0 N–H and O–H groups in total. The summed E-state index contributed by atoms with van der Waals surface area (Å²) in [4.78, 5) is 17.7. The van der Waals surface area contributed by atoms with Crippen LogP contribution in [-0.2, 0) is 18.4 Å². The van der Waals surface area contributed by atoms with E-state index in [1.54, 1.807) is 0 Å². The monoisotopic (exact) mass is 414 g/mol. The van der Waals surface area contributed by atoms with Crippen LogP contribution in [0.3, 0.4) is 0 Å². The second-order valence-electron chi connectivity index (χ2n) is 8.87. The van der Waals surface area contributed by atoms with E-state index in [9.17, 15) is 4.79 Å². The van der Waals surface area contributed by atoms with Crippen LogP contribution in [0.1, 0.15) is 47.1 Å². The van der Waals surface area contributed by atoms with E-state index in [-0.39, 0.29) is 11.8 Å². The Morgan fingerprint density at radius 1 is 1.00 bits per heavy atom. The van der Waals surface area contributed by atoms with Gasteiger partial charge in [-0.25, -0.2) is 0 Å². The quantitative estimate of drug-likeness (QED) is 0.653. The Labute approximate surface area is 184 Å². The van der Waals surface area contributed by atoms with E-state index in [1.807, 2.05) is 17.9 Å². The number of hydrogen-bond acceptors (Lipinski definition) is 3. The minimum atomic E-state index is 0.241. The molecule has 3 heterocycles. The highest BCUT2D eigenvalue weighted by Crippen LogP contribution is 2.34. The molecule has 0 aliphatic carbocycles. The molecule has 2 aromatic carbocycles. The third-order valence-electron chi connectivity index (χ3n) is 6.97. The average Bonchev–Trinajstić information content (AvgIpc) is 3.25. The molecular formula is C26H30N4O. The van der Waals surface area contributed by atoms with Gasteiger partial charge in [0.05, 0.1) is 6.54 Å². The van der Waals surface area contributed by atoms with E-state index in [4.69, 9.17) is 0 Å². The number of likely N-dealkylation sites (tertiary alicyclic amines) is 1. The third kappa shape index (κ3) is 4.15. The molecule has 5 nitrogen and oxygen atoms in total. The van der Waals surface area contributed by atoms with Gasteiger partial charge in [-0.15, -0.1) is 0 Å². The standard InChI is InChI=1S/C26H30N4O/c1-28-25(11-14-27-28)21-12-15-29(16-13-21)19-26(31)30-17-22-9-5-6-10-23(22)24(18-30)20-7-3-2-4-8-20/h2-11,14,21,24H,12-13,15-19H2,1H3. The van der Waals surface area contributed by atoms with Gasteiger partial charge in [-0.05, 0) is 48.7 Å². The summed E-state index contributed by atoms with van der Waals surface area (Å²) in [7, 11) is 2.02. The molecule has 1 fully saturated rings. The number of piperidine rings is 1. The van der Waals surface area contributed by atoms with Crippen LogP contribution in [0.25, 0.3) is 0 Å². The molecule has 1 amide bonds. The van der Waals surface area contributed by atoms with E-state index in [1.165, 1.54) is 22.4 Å². The first-order chi connectivity index (χ1) is 15.2. The second kappa shape index (κ2) is 8.67. The number of benzene rings is 2. The second-order valence-corrected chi connectivity index (χ2v) is 8.87. The summed E-state index contributed by atoms with van der Waals surface area (Å²) in [6.07, 6.45) is 4.05. The summed E-state index contributed by atoms with van der Waals surface area (Å²) < 4.78 is 1.99. The van der Waals surface area contributed by atoms with Crippen molar-refractivity contribution in [2.75, 3.05) is 26.2 Å². The molecule has 5 rings (SSSR count). The van der Waals surface area contributed by atoms with Gasteiger partial charge >= 0.3 is 0 Å². The Balaban J connectivity index is 1.25. The maximum absolute atomic E-state index is 13.3. The molecule has 1 saturated heterocycles. The molecule has 31 heavy (non-hydrogen) atoms. The molecule has 0 bridgehead atoms. The number of carbonyl (C=O) groups is 1. The molecule has 0 spiro atoms. The van der Waals surface area contributed by atoms with Crippen LogP contribution >= 0.6 is 0 Å². The lowest BCUT2D eigenvalue weighted by Crippen LogP contribution is -2.45. The smallest absolute Gasteiger partial charge is 0.237 e. The number of rotatable bonds is 4. The van der Waals surface area contributed by atoms with Gasteiger partial charge < -0.3 is 4.90 Å². The molecule has 2 aliphatic heterocycles. The third-order valence-corrected chi connectivity index (χ3v) is 6.97. The molecule has 0 saturated carbocycles. The van der Waals surface area contributed by atoms with Crippen molar-refractivity contribution in [3.63, 3.8) is 0 Å². The zero-order valence-electron chi connectivity index (χ0n) is 18.2. The summed E-state index contributed by atoms with van der Waals surface area (Å²) in [5, 5.41) is 4.31. The van der Waals surface area contributed by atoms with Gasteiger partial charge in [-0.2, -0.15) is 5.10 Å². The molecule has 3 aromatic rings. The van der Waals surface area contributed by atoms with Gasteiger partial charge in [-0.3, -0.25) is 14.4 Å². The summed E-state index contributed by atoms with van der Waals surface area (Å²) in [6, 6.07) is 21.3. The number of nitrogens with zero attached hydrogens (tertiary/aromatic N) is 4. The van der Waals surface area contributed by atoms with Crippen molar-refractivity contribution in [1.29, 1.82) is 0 Å². The topological polar surface area (TPSA) is 41.4 Å². The first-order valence-electron chi connectivity index (χ1n) is 11.3. The molecule has 1 unspecified atom stereocenters. The van der Waals surface area contributed by atoms with E-state index in [0.29, 0.717) is 19.0 Å². The minimum Gasteiger partial charge on any atom is -0.336 e. The summed E-state index contributed by atoms with van der Waals surface area (Å²) in [5.41, 5.74) is 5.22. The van der Waals surface area contributed by atoms with Gasteiger partial charge in [-0.1, -0.05) is 54.6 Å². The van der Waals surface area contributed by atoms with Gasteiger partial charge in [0.15, 0.2) is 0 Å². The van der Waals surface area contributed by atoms with Crippen LogP contribution in [0.4, 0.5) is 0 Å². The lowest BCUT2D eigenvalue weighted by Gasteiger charge is -2.37. The number of hydrogen-bond donors (Lipinski definition) is 0. The Morgan fingerprint density at radius 3 is 2.48 bits per heavy atom. The fourth-order valence-electron chi connectivity index (χ4n) is 5.23. The number of aryl methyl sites for hydroxylation is 1. The first-order valence-corrected chi connectivity index (χ1v) is 11.3. The average molecular weight is 415 g/mol. The fraction of sp³-hybridized carbons (Fsp3) is 0.385. The maximum Gasteiger partial charge on any atom is 0.237 e. The Hall–Kier alpha value is -2.92. The Bertz CT molecular complexity index is 1040. The van der Waals surface area contributed by atoms with Crippen molar-refractivity contribution < 1.29 is 4.79 Å². The number of aromatic nitrogens is 2. The zero-order valence-corrected chi connectivity index (χ0v) is 18.2. The van der Waals surface area contributed by atoms with E-state index >= 15 is 0 Å². The number of fused-ring (bicyclic) bond motifs is 1. The highest BCUT2D eigenvalue weighted by molar-refractivity contribution is 5.79. The van der Waals surface area contributed by atoms with Gasteiger partial charge in [0, 0.05) is 43.9 Å². The van der Waals surface area contributed by atoms with E-state index in [0.717, 1.165) is 32.5 Å². The molecular weight excluding hydrogens is 384 g/mol. The predicted octanol–water partition coefficient (Wildman–Crippen LogP) is 3.77. The number of amides is 1. The van der Waals surface area contributed by atoms with E-state index in [2.05, 4.69) is 75.6 Å². The van der Waals surface area contributed by atoms with Crippen molar-refractivity contribution >= 4 is 5.91 Å².